The minimum absolute atomic E-state index is 0.291. The molecule has 5 heteroatoms. The molecule has 3 N–H and O–H groups in total. The molecule has 2 aliphatic rings. The number of nitrogens with one attached hydrogen (secondary N) is 1. The number of hydrogen-bond acceptors (Lipinski definition) is 4. The van der Waals surface area contributed by atoms with E-state index in [0.717, 1.165) is 18.5 Å². The van der Waals surface area contributed by atoms with Gasteiger partial charge in [-0.2, -0.15) is 0 Å². The summed E-state index contributed by atoms with van der Waals surface area (Å²) in [5, 5.41) is 3.39. The van der Waals surface area contributed by atoms with Crippen molar-refractivity contribution in [3.63, 3.8) is 0 Å². The Morgan fingerprint density at radius 3 is 3.06 bits per heavy atom. The van der Waals surface area contributed by atoms with Gasteiger partial charge in [0.2, 0.25) is 0 Å². The first kappa shape index (κ1) is 10.5. The van der Waals surface area contributed by atoms with Crippen molar-refractivity contribution in [3.05, 3.63) is 24.0 Å². The molecular formula is C12H15N3O2. The first-order valence-corrected chi connectivity index (χ1v) is 5.90. The second kappa shape index (κ2) is 4.00. The van der Waals surface area contributed by atoms with Gasteiger partial charge in [0.1, 0.15) is 5.69 Å². The van der Waals surface area contributed by atoms with Gasteiger partial charge in [-0.3, -0.25) is 9.78 Å². The van der Waals surface area contributed by atoms with Gasteiger partial charge in [0.05, 0.1) is 18.2 Å². The number of anilines is 1. The van der Waals surface area contributed by atoms with Crippen molar-refractivity contribution in [2.45, 2.75) is 37.5 Å². The maximum absolute atomic E-state index is 11.0. The van der Waals surface area contributed by atoms with Crippen LogP contribution in [-0.4, -0.2) is 29.1 Å². The fourth-order valence-corrected chi connectivity index (χ4v) is 2.66. The molecule has 0 aromatic carbocycles. The molecule has 3 heterocycles. The van der Waals surface area contributed by atoms with E-state index in [1.165, 1.54) is 6.42 Å². The fourth-order valence-electron chi connectivity index (χ4n) is 2.66. The van der Waals surface area contributed by atoms with Crippen molar-refractivity contribution >= 4 is 11.6 Å². The highest BCUT2D eigenvalue weighted by Gasteiger charge is 2.40. The summed E-state index contributed by atoms with van der Waals surface area (Å²) in [5.41, 5.74) is 6.37. The SMILES string of the molecule is NC(=O)c1cc(NC2CC3CCC2O3)ccn1. The smallest absolute Gasteiger partial charge is 0.267 e. The number of ether oxygens (including phenoxy) is 1. The number of aromatic nitrogens is 1. The molecule has 2 fully saturated rings. The summed E-state index contributed by atoms with van der Waals surface area (Å²) >= 11 is 0. The van der Waals surface area contributed by atoms with Crippen LogP contribution in [0, 0.1) is 0 Å². The van der Waals surface area contributed by atoms with Gasteiger partial charge in [0.15, 0.2) is 0 Å². The zero-order valence-electron chi connectivity index (χ0n) is 9.43. The van der Waals surface area contributed by atoms with Gasteiger partial charge in [-0.05, 0) is 31.4 Å². The molecule has 3 rings (SSSR count). The molecule has 3 atom stereocenters. The number of pyridine rings is 1. The Labute approximate surface area is 99.4 Å². The maximum Gasteiger partial charge on any atom is 0.267 e. The second-order valence-corrected chi connectivity index (χ2v) is 4.65. The van der Waals surface area contributed by atoms with Gasteiger partial charge < -0.3 is 15.8 Å². The second-order valence-electron chi connectivity index (χ2n) is 4.65. The van der Waals surface area contributed by atoms with Gasteiger partial charge in [0.25, 0.3) is 5.91 Å². The van der Waals surface area contributed by atoms with E-state index in [2.05, 4.69) is 10.3 Å². The summed E-state index contributed by atoms with van der Waals surface area (Å²) < 4.78 is 5.77. The number of primary amides is 1. The summed E-state index contributed by atoms with van der Waals surface area (Å²) in [4.78, 5) is 14.9. The Balaban J connectivity index is 1.73. The largest absolute Gasteiger partial charge is 0.379 e. The summed E-state index contributed by atoms with van der Waals surface area (Å²) in [6.07, 6.45) is 5.65. The average molecular weight is 233 g/mol. The van der Waals surface area contributed by atoms with Crippen molar-refractivity contribution in [3.8, 4) is 0 Å². The lowest BCUT2D eigenvalue weighted by atomic mass is 9.95. The standard InChI is InChI=1S/C12H15N3O2/c13-12(16)10-5-7(3-4-14-10)15-9-6-8-1-2-11(9)17-8/h3-5,8-9,11H,1-2,6H2,(H2,13,16)(H,14,15). The third-order valence-corrected chi connectivity index (χ3v) is 3.47. The Kier molecular flexibility index (Phi) is 2.48. The third kappa shape index (κ3) is 1.98. The summed E-state index contributed by atoms with van der Waals surface area (Å²) in [5.74, 6) is -0.502. The first-order chi connectivity index (χ1) is 8.22. The maximum atomic E-state index is 11.0. The molecule has 17 heavy (non-hydrogen) atoms. The molecule has 0 saturated carbocycles. The van der Waals surface area contributed by atoms with Gasteiger partial charge in [-0.1, -0.05) is 0 Å². The molecule has 1 aromatic heterocycles. The van der Waals surface area contributed by atoms with E-state index in [4.69, 9.17) is 10.5 Å². The van der Waals surface area contributed by atoms with Crippen molar-refractivity contribution in [2.24, 2.45) is 5.73 Å². The highest BCUT2D eigenvalue weighted by atomic mass is 16.5. The zero-order valence-corrected chi connectivity index (χ0v) is 9.43. The van der Waals surface area contributed by atoms with Crippen molar-refractivity contribution in [1.82, 2.24) is 4.98 Å². The molecule has 2 saturated heterocycles. The summed E-state index contributed by atoms with van der Waals surface area (Å²) in [7, 11) is 0. The molecule has 2 bridgehead atoms. The van der Waals surface area contributed by atoms with Gasteiger partial charge in [-0.25, -0.2) is 0 Å². The molecule has 0 radical (unpaired) electrons. The molecule has 3 unspecified atom stereocenters. The molecule has 0 spiro atoms. The van der Waals surface area contributed by atoms with E-state index in [0.29, 0.717) is 23.9 Å². The summed E-state index contributed by atoms with van der Waals surface area (Å²) in [6.45, 7) is 0. The van der Waals surface area contributed by atoms with Gasteiger partial charge in [-0.15, -0.1) is 0 Å². The lowest BCUT2D eigenvalue weighted by Gasteiger charge is -2.21. The van der Waals surface area contributed by atoms with Crippen LogP contribution < -0.4 is 11.1 Å². The van der Waals surface area contributed by atoms with E-state index in [1.54, 1.807) is 12.3 Å². The van der Waals surface area contributed by atoms with E-state index >= 15 is 0 Å². The lowest BCUT2D eigenvalue weighted by Crippen LogP contribution is -2.30. The van der Waals surface area contributed by atoms with Crippen molar-refractivity contribution < 1.29 is 9.53 Å². The molecule has 90 valence electrons. The molecule has 1 amide bonds. The zero-order chi connectivity index (χ0) is 11.8. The highest BCUT2D eigenvalue weighted by Crippen LogP contribution is 2.35. The number of fused-ring (bicyclic) bond motifs is 2. The lowest BCUT2D eigenvalue weighted by molar-refractivity contribution is 0.0995. The predicted molar refractivity (Wildman–Crippen MR) is 62.7 cm³/mol. The molecular weight excluding hydrogens is 218 g/mol. The number of nitrogens with zero attached hydrogens (tertiary/aromatic N) is 1. The van der Waals surface area contributed by atoms with Crippen LogP contribution in [0.2, 0.25) is 0 Å². The number of carbonyl (C=O) groups excluding carboxylic acids is 1. The Morgan fingerprint density at radius 2 is 2.41 bits per heavy atom. The van der Waals surface area contributed by atoms with E-state index in [-0.39, 0.29) is 0 Å². The normalized spacial score (nSPS) is 30.5. The fraction of sp³-hybridized carbons (Fsp3) is 0.500. The molecule has 0 aliphatic carbocycles. The predicted octanol–water partition coefficient (Wildman–Crippen LogP) is 0.912. The van der Waals surface area contributed by atoms with Gasteiger partial charge in [0, 0.05) is 11.9 Å². The number of amides is 1. The Morgan fingerprint density at radius 1 is 1.53 bits per heavy atom. The molecule has 1 aromatic rings. The first-order valence-electron chi connectivity index (χ1n) is 5.90. The minimum atomic E-state index is -0.502. The van der Waals surface area contributed by atoms with Gasteiger partial charge >= 0.3 is 0 Å². The number of hydrogen-bond donors (Lipinski definition) is 2. The van der Waals surface area contributed by atoms with Crippen LogP contribution in [-0.2, 0) is 4.74 Å². The Bertz CT molecular complexity index is 449. The van der Waals surface area contributed by atoms with E-state index < -0.39 is 5.91 Å². The monoisotopic (exact) mass is 233 g/mol. The topological polar surface area (TPSA) is 77.2 Å². The van der Waals surface area contributed by atoms with Crippen LogP contribution in [0.3, 0.4) is 0 Å². The number of carbonyl (C=O) groups is 1. The summed E-state index contributed by atoms with van der Waals surface area (Å²) in [6, 6.07) is 3.88. The van der Waals surface area contributed by atoms with E-state index in [9.17, 15) is 4.79 Å². The number of rotatable bonds is 3. The third-order valence-electron chi connectivity index (χ3n) is 3.47. The Hall–Kier alpha value is -1.62. The average Bonchev–Trinajstić information content (AvgIpc) is 2.91. The van der Waals surface area contributed by atoms with Crippen LogP contribution in [0.25, 0.3) is 0 Å². The van der Waals surface area contributed by atoms with Crippen molar-refractivity contribution in [2.75, 3.05) is 5.32 Å². The highest BCUT2D eigenvalue weighted by molar-refractivity contribution is 5.91. The molecule has 2 aliphatic heterocycles. The minimum Gasteiger partial charge on any atom is -0.379 e. The van der Waals surface area contributed by atoms with E-state index in [1.807, 2.05) is 6.07 Å². The van der Waals surface area contributed by atoms with Crippen LogP contribution in [0.15, 0.2) is 18.3 Å². The quantitative estimate of drug-likeness (QED) is 0.813. The van der Waals surface area contributed by atoms with Crippen LogP contribution in [0.5, 0.6) is 0 Å². The molecule has 5 nitrogen and oxygen atoms in total. The van der Waals surface area contributed by atoms with Crippen LogP contribution >= 0.6 is 0 Å². The van der Waals surface area contributed by atoms with Crippen molar-refractivity contribution in [1.29, 1.82) is 0 Å². The number of nitrogens with two attached hydrogens (primary N) is 1. The van der Waals surface area contributed by atoms with Crippen LogP contribution in [0.4, 0.5) is 5.69 Å². The van der Waals surface area contributed by atoms with Crippen LogP contribution in [0.1, 0.15) is 29.8 Å².